The molecule has 17 heavy (non-hydrogen) atoms. The quantitative estimate of drug-likeness (QED) is 0.536. The maximum atomic E-state index is 6.25. The molecule has 0 aliphatic heterocycles. The Labute approximate surface area is 106 Å². The molecular weight excluding hydrogens is 208 g/mol. The fraction of sp³-hybridized carbons (Fsp3) is 0.600. The van der Waals surface area contributed by atoms with E-state index >= 15 is 0 Å². The third-order valence-electron chi connectivity index (χ3n) is 2.97. The van der Waals surface area contributed by atoms with Gasteiger partial charge in [-0.15, -0.1) is 0 Å². The van der Waals surface area contributed by atoms with Crippen molar-refractivity contribution in [3.05, 3.63) is 35.9 Å². The first kappa shape index (κ1) is 14.2. The van der Waals surface area contributed by atoms with E-state index in [2.05, 4.69) is 43.4 Å². The van der Waals surface area contributed by atoms with Crippen molar-refractivity contribution in [2.45, 2.75) is 51.6 Å². The van der Waals surface area contributed by atoms with Crippen molar-refractivity contribution in [1.82, 2.24) is 5.32 Å². The minimum absolute atomic E-state index is 0.298. The lowest BCUT2D eigenvalue weighted by molar-refractivity contribution is 0.360. The first-order valence-electron chi connectivity index (χ1n) is 6.72. The lowest BCUT2D eigenvalue weighted by Gasteiger charge is -2.26. The summed E-state index contributed by atoms with van der Waals surface area (Å²) in [7, 11) is 0. The lowest BCUT2D eigenvalue weighted by Crippen LogP contribution is -2.52. The molecule has 1 aromatic carbocycles. The molecular formula is C15H26N2. The van der Waals surface area contributed by atoms with Gasteiger partial charge in [-0.3, -0.25) is 5.32 Å². The maximum Gasteiger partial charge on any atom is 0.0674 e. The van der Waals surface area contributed by atoms with Crippen LogP contribution >= 0.6 is 0 Å². The number of hydrogen-bond donors (Lipinski definition) is 2. The number of unbranched alkanes of at least 4 members (excludes halogenated alkanes) is 3. The highest BCUT2D eigenvalue weighted by Gasteiger charge is 2.17. The molecule has 0 saturated heterocycles. The van der Waals surface area contributed by atoms with Crippen LogP contribution in [-0.2, 0) is 6.42 Å². The first-order valence-corrected chi connectivity index (χ1v) is 6.72. The van der Waals surface area contributed by atoms with Crippen LogP contribution in [0.5, 0.6) is 0 Å². The number of benzene rings is 1. The summed E-state index contributed by atoms with van der Waals surface area (Å²) in [6.07, 6.45) is 5.99. The van der Waals surface area contributed by atoms with Gasteiger partial charge in [-0.1, -0.05) is 56.5 Å². The SMILES string of the molecule is CCCCCCNC(C)(N)Cc1ccccc1. The largest absolute Gasteiger partial charge is 0.313 e. The van der Waals surface area contributed by atoms with Crippen LogP contribution in [0.25, 0.3) is 0 Å². The standard InChI is InChI=1S/C15H26N2/c1-3-4-5-9-12-17-15(2,16)13-14-10-7-6-8-11-14/h6-8,10-11,17H,3-5,9,12-13,16H2,1-2H3. The molecule has 0 aromatic heterocycles. The van der Waals surface area contributed by atoms with E-state index in [-0.39, 0.29) is 5.66 Å². The molecule has 2 nitrogen and oxygen atoms in total. The summed E-state index contributed by atoms with van der Waals surface area (Å²) in [4.78, 5) is 0. The highest BCUT2D eigenvalue weighted by Crippen LogP contribution is 2.08. The van der Waals surface area contributed by atoms with Crippen LogP contribution in [0.1, 0.15) is 45.1 Å². The van der Waals surface area contributed by atoms with E-state index < -0.39 is 0 Å². The Morgan fingerprint density at radius 1 is 1.12 bits per heavy atom. The highest BCUT2D eigenvalue weighted by atomic mass is 15.1. The van der Waals surface area contributed by atoms with Gasteiger partial charge < -0.3 is 5.73 Å². The van der Waals surface area contributed by atoms with E-state index in [1.54, 1.807) is 0 Å². The Bertz CT molecular complexity index is 293. The van der Waals surface area contributed by atoms with Gasteiger partial charge in [-0.05, 0) is 25.5 Å². The Kier molecular flexibility index (Phi) is 6.23. The van der Waals surface area contributed by atoms with Gasteiger partial charge in [0, 0.05) is 6.42 Å². The van der Waals surface area contributed by atoms with Gasteiger partial charge >= 0.3 is 0 Å². The second-order valence-electron chi connectivity index (χ2n) is 5.07. The van der Waals surface area contributed by atoms with Crippen molar-refractivity contribution in [2.24, 2.45) is 5.73 Å². The van der Waals surface area contributed by atoms with Crippen molar-refractivity contribution >= 4 is 0 Å². The molecule has 1 atom stereocenters. The molecule has 0 aliphatic carbocycles. The summed E-state index contributed by atoms with van der Waals surface area (Å²) in [6.45, 7) is 5.32. The molecule has 2 heteroatoms. The maximum absolute atomic E-state index is 6.25. The van der Waals surface area contributed by atoms with Crippen molar-refractivity contribution in [3.8, 4) is 0 Å². The van der Waals surface area contributed by atoms with Crippen molar-refractivity contribution in [1.29, 1.82) is 0 Å². The molecule has 96 valence electrons. The van der Waals surface area contributed by atoms with Gasteiger partial charge in [0.1, 0.15) is 0 Å². The Hall–Kier alpha value is -0.860. The first-order chi connectivity index (χ1) is 8.14. The zero-order valence-electron chi connectivity index (χ0n) is 11.2. The van der Waals surface area contributed by atoms with Crippen molar-refractivity contribution < 1.29 is 0 Å². The average Bonchev–Trinajstić information content (AvgIpc) is 2.29. The summed E-state index contributed by atoms with van der Waals surface area (Å²) in [6, 6.07) is 10.4. The molecule has 1 unspecified atom stereocenters. The third-order valence-corrected chi connectivity index (χ3v) is 2.97. The minimum Gasteiger partial charge on any atom is -0.313 e. The number of nitrogens with one attached hydrogen (secondary N) is 1. The van der Waals surface area contributed by atoms with Crippen LogP contribution in [0.3, 0.4) is 0 Å². The van der Waals surface area contributed by atoms with Gasteiger partial charge in [0.15, 0.2) is 0 Å². The highest BCUT2D eigenvalue weighted by molar-refractivity contribution is 5.16. The van der Waals surface area contributed by atoms with E-state index in [1.807, 2.05) is 6.07 Å². The lowest BCUT2D eigenvalue weighted by atomic mass is 10.0. The molecule has 0 radical (unpaired) electrons. The fourth-order valence-corrected chi connectivity index (χ4v) is 2.01. The minimum atomic E-state index is -0.298. The molecule has 0 amide bonds. The van der Waals surface area contributed by atoms with Crippen molar-refractivity contribution in [2.75, 3.05) is 6.54 Å². The zero-order chi connectivity index (χ0) is 12.6. The monoisotopic (exact) mass is 234 g/mol. The summed E-state index contributed by atoms with van der Waals surface area (Å²) < 4.78 is 0. The predicted molar refractivity (Wildman–Crippen MR) is 74.9 cm³/mol. The van der Waals surface area contributed by atoms with Crippen LogP contribution < -0.4 is 11.1 Å². The van der Waals surface area contributed by atoms with Crippen LogP contribution in [0.15, 0.2) is 30.3 Å². The zero-order valence-corrected chi connectivity index (χ0v) is 11.2. The van der Waals surface area contributed by atoms with Crippen LogP contribution in [0.4, 0.5) is 0 Å². The molecule has 0 saturated carbocycles. The summed E-state index contributed by atoms with van der Waals surface area (Å²) in [5.74, 6) is 0. The normalized spacial score (nSPS) is 14.5. The third kappa shape index (κ3) is 6.44. The van der Waals surface area contributed by atoms with E-state index in [1.165, 1.54) is 31.2 Å². The molecule has 0 spiro atoms. The molecule has 0 bridgehead atoms. The smallest absolute Gasteiger partial charge is 0.0674 e. The Morgan fingerprint density at radius 2 is 1.82 bits per heavy atom. The van der Waals surface area contributed by atoms with Gasteiger partial charge in [0.25, 0.3) is 0 Å². The molecule has 1 aromatic rings. The van der Waals surface area contributed by atoms with Crippen LogP contribution in [0.2, 0.25) is 0 Å². The summed E-state index contributed by atoms with van der Waals surface area (Å²) in [5.41, 5.74) is 7.24. The van der Waals surface area contributed by atoms with E-state index in [0.717, 1.165) is 13.0 Å². The molecule has 3 N–H and O–H groups in total. The van der Waals surface area contributed by atoms with E-state index in [0.29, 0.717) is 0 Å². The topological polar surface area (TPSA) is 38.0 Å². The fourth-order valence-electron chi connectivity index (χ4n) is 2.01. The molecule has 0 aliphatic rings. The predicted octanol–water partition coefficient (Wildman–Crippen LogP) is 3.07. The van der Waals surface area contributed by atoms with Gasteiger partial charge in [-0.2, -0.15) is 0 Å². The van der Waals surface area contributed by atoms with Gasteiger partial charge in [-0.25, -0.2) is 0 Å². The Balaban J connectivity index is 2.26. The Morgan fingerprint density at radius 3 is 2.47 bits per heavy atom. The molecule has 0 heterocycles. The number of hydrogen-bond acceptors (Lipinski definition) is 2. The molecule has 0 fully saturated rings. The second kappa shape index (κ2) is 7.46. The summed E-state index contributed by atoms with van der Waals surface area (Å²) in [5, 5.41) is 3.44. The van der Waals surface area contributed by atoms with Gasteiger partial charge in [0.2, 0.25) is 0 Å². The number of rotatable bonds is 8. The number of nitrogens with two attached hydrogens (primary N) is 1. The second-order valence-corrected chi connectivity index (χ2v) is 5.07. The van der Waals surface area contributed by atoms with Crippen LogP contribution in [0, 0.1) is 0 Å². The van der Waals surface area contributed by atoms with Crippen molar-refractivity contribution in [3.63, 3.8) is 0 Å². The summed E-state index contributed by atoms with van der Waals surface area (Å²) >= 11 is 0. The van der Waals surface area contributed by atoms with Crippen LogP contribution in [-0.4, -0.2) is 12.2 Å². The molecule has 1 rings (SSSR count). The van der Waals surface area contributed by atoms with E-state index in [4.69, 9.17) is 5.73 Å². The van der Waals surface area contributed by atoms with E-state index in [9.17, 15) is 0 Å². The van der Waals surface area contributed by atoms with Gasteiger partial charge in [0.05, 0.1) is 5.66 Å². The average molecular weight is 234 g/mol.